The summed E-state index contributed by atoms with van der Waals surface area (Å²) in [6.45, 7) is 4.64. The van der Waals surface area contributed by atoms with E-state index in [-0.39, 0.29) is 23.8 Å². The van der Waals surface area contributed by atoms with Gasteiger partial charge in [-0.05, 0) is 37.5 Å². The van der Waals surface area contributed by atoms with Crippen LogP contribution in [0, 0.1) is 11.8 Å². The summed E-state index contributed by atoms with van der Waals surface area (Å²) in [5, 5.41) is 3.00. The molecule has 0 aromatic heterocycles. The minimum Gasteiger partial charge on any atom is -0.323 e. The average Bonchev–Trinajstić information content (AvgIpc) is 2.62. The van der Waals surface area contributed by atoms with Crippen molar-refractivity contribution in [3.8, 4) is 0 Å². The van der Waals surface area contributed by atoms with Gasteiger partial charge in [0.2, 0.25) is 0 Å². The third kappa shape index (κ3) is 2.35. The Labute approximate surface area is 119 Å². The van der Waals surface area contributed by atoms with Crippen molar-refractivity contribution in [2.24, 2.45) is 11.8 Å². The summed E-state index contributed by atoms with van der Waals surface area (Å²) in [6.07, 6.45) is 4.76. The van der Waals surface area contributed by atoms with Crippen LogP contribution in [0.5, 0.6) is 0 Å². The molecule has 2 unspecified atom stereocenters. The Morgan fingerprint density at radius 3 is 2.47 bits per heavy atom. The van der Waals surface area contributed by atoms with E-state index in [0.29, 0.717) is 12.4 Å². The smallest absolute Gasteiger partial charge is 0.323 e. The maximum Gasteiger partial charge on any atom is 0.325 e. The van der Waals surface area contributed by atoms with Crippen molar-refractivity contribution in [3.63, 3.8) is 0 Å². The molecular weight excluding hydrogens is 264 g/mol. The molecule has 0 radical (unpaired) electrons. The van der Waals surface area contributed by atoms with Gasteiger partial charge in [-0.25, -0.2) is 4.79 Å². The van der Waals surface area contributed by atoms with Crippen molar-refractivity contribution in [2.45, 2.75) is 51.5 Å². The zero-order valence-corrected chi connectivity index (χ0v) is 12.5. The summed E-state index contributed by atoms with van der Waals surface area (Å²) in [7, 11) is 0. The van der Waals surface area contributed by atoms with Crippen molar-refractivity contribution >= 4 is 23.5 Å². The molecule has 2 fully saturated rings. The number of alkyl halides is 1. The molecule has 5 heteroatoms. The quantitative estimate of drug-likeness (QED) is 0.491. The lowest BCUT2D eigenvalue weighted by atomic mass is 9.67. The lowest BCUT2D eigenvalue weighted by Gasteiger charge is -2.42. The molecule has 108 valence electrons. The number of imide groups is 1. The molecule has 0 bridgehead atoms. The zero-order chi connectivity index (χ0) is 14.0. The van der Waals surface area contributed by atoms with Crippen LogP contribution in [0.1, 0.15) is 46.0 Å². The Hall–Kier alpha value is -0.770. The fourth-order valence-corrected chi connectivity index (χ4v) is 3.71. The largest absolute Gasteiger partial charge is 0.325 e. The Morgan fingerprint density at radius 2 is 1.89 bits per heavy atom. The first-order valence-electron chi connectivity index (χ1n) is 7.24. The molecular formula is C14H23ClN2O2. The van der Waals surface area contributed by atoms with E-state index in [1.54, 1.807) is 0 Å². The van der Waals surface area contributed by atoms with E-state index in [1.165, 1.54) is 4.90 Å². The summed E-state index contributed by atoms with van der Waals surface area (Å²) in [5.74, 6) is 0.977. The second-order valence-corrected chi connectivity index (χ2v) is 6.26. The summed E-state index contributed by atoms with van der Waals surface area (Å²) in [5.41, 5.74) is -0.656. The lowest BCUT2D eigenvalue weighted by molar-refractivity contribution is -0.136. The Morgan fingerprint density at radius 1 is 1.26 bits per heavy atom. The Kier molecular flexibility index (Phi) is 4.39. The standard InChI is InChI=1S/C14H23ClN2O2/c1-10-6-5-7-11(2)14(10)12(18)17(13(19)16-14)9-4-3-8-15/h10-11H,3-9H2,1-2H3,(H,16,19). The van der Waals surface area contributed by atoms with Crippen LogP contribution in [0.25, 0.3) is 0 Å². The van der Waals surface area contributed by atoms with Crippen LogP contribution in [-0.2, 0) is 4.79 Å². The number of hydrogen-bond acceptors (Lipinski definition) is 2. The van der Waals surface area contributed by atoms with Gasteiger partial charge in [-0.3, -0.25) is 9.69 Å². The Bertz CT molecular complexity index is 362. The van der Waals surface area contributed by atoms with Gasteiger partial charge in [0.15, 0.2) is 0 Å². The number of nitrogens with one attached hydrogen (secondary N) is 1. The van der Waals surface area contributed by atoms with Gasteiger partial charge >= 0.3 is 6.03 Å². The fraction of sp³-hybridized carbons (Fsp3) is 0.857. The van der Waals surface area contributed by atoms with Gasteiger partial charge in [-0.1, -0.05) is 20.3 Å². The van der Waals surface area contributed by atoms with E-state index in [0.717, 1.165) is 32.1 Å². The molecule has 3 amide bonds. The third-order valence-corrected chi connectivity index (χ3v) is 5.02. The number of halogens is 1. The fourth-order valence-electron chi connectivity index (χ4n) is 3.52. The van der Waals surface area contributed by atoms with Crippen molar-refractivity contribution in [2.75, 3.05) is 12.4 Å². The van der Waals surface area contributed by atoms with Gasteiger partial charge in [0.1, 0.15) is 5.54 Å². The first-order chi connectivity index (χ1) is 9.04. The normalized spacial score (nSPS) is 35.0. The molecule has 1 spiro atoms. The van der Waals surface area contributed by atoms with Gasteiger partial charge in [0, 0.05) is 12.4 Å². The molecule has 19 heavy (non-hydrogen) atoms. The highest BCUT2D eigenvalue weighted by atomic mass is 35.5. The van der Waals surface area contributed by atoms with Crippen LogP contribution in [0.15, 0.2) is 0 Å². The van der Waals surface area contributed by atoms with E-state index >= 15 is 0 Å². The highest BCUT2D eigenvalue weighted by Gasteiger charge is 2.57. The topological polar surface area (TPSA) is 49.4 Å². The van der Waals surface area contributed by atoms with E-state index in [9.17, 15) is 9.59 Å². The van der Waals surface area contributed by atoms with Crippen LogP contribution < -0.4 is 5.32 Å². The number of nitrogens with zero attached hydrogens (tertiary/aromatic N) is 1. The molecule has 2 rings (SSSR count). The van der Waals surface area contributed by atoms with E-state index in [4.69, 9.17) is 11.6 Å². The van der Waals surface area contributed by atoms with Crippen molar-refractivity contribution < 1.29 is 9.59 Å². The molecule has 1 heterocycles. The van der Waals surface area contributed by atoms with Gasteiger partial charge < -0.3 is 5.32 Å². The Balaban J connectivity index is 2.15. The second-order valence-electron chi connectivity index (χ2n) is 5.89. The number of unbranched alkanes of at least 4 members (excludes halogenated alkanes) is 1. The molecule has 1 saturated carbocycles. The van der Waals surface area contributed by atoms with Crippen LogP contribution in [-0.4, -0.2) is 34.8 Å². The number of urea groups is 1. The van der Waals surface area contributed by atoms with Gasteiger partial charge in [-0.15, -0.1) is 11.6 Å². The third-order valence-electron chi connectivity index (χ3n) is 4.75. The molecule has 1 aliphatic heterocycles. The summed E-state index contributed by atoms with van der Waals surface area (Å²) >= 11 is 5.64. The van der Waals surface area contributed by atoms with Gasteiger partial charge in [0.05, 0.1) is 0 Å². The summed E-state index contributed by atoms with van der Waals surface area (Å²) in [6, 6.07) is -0.222. The second kappa shape index (κ2) is 5.70. The van der Waals surface area contributed by atoms with Crippen LogP contribution in [0.4, 0.5) is 4.79 Å². The first kappa shape index (κ1) is 14.6. The predicted octanol–water partition coefficient (Wildman–Crippen LogP) is 2.75. The number of amides is 3. The van der Waals surface area contributed by atoms with Gasteiger partial charge in [0.25, 0.3) is 5.91 Å². The predicted molar refractivity (Wildman–Crippen MR) is 75.1 cm³/mol. The molecule has 2 aliphatic rings. The van der Waals surface area contributed by atoms with Crippen LogP contribution in [0.3, 0.4) is 0 Å². The van der Waals surface area contributed by atoms with E-state index < -0.39 is 5.54 Å². The molecule has 2 atom stereocenters. The minimum absolute atomic E-state index is 0.0215. The maximum atomic E-state index is 12.7. The van der Waals surface area contributed by atoms with E-state index in [1.807, 2.05) is 0 Å². The molecule has 4 nitrogen and oxygen atoms in total. The number of rotatable bonds is 4. The van der Waals surface area contributed by atoms with Crippen LogP contribution >= 0.6 is 11.6 Å². The van der Waals surface area contributed by atoms with Crippen molar-refractivity contribution in [3.05, 3.63) is 0 Å². The van der Waals surface area contributed by atoms with E-state index in [2.05, 4.69) is 19.2 Å². The number of carbonyl (C=O) groups excluding carboxylic acids is 2. The monoisotopic (exact) mass is 286 g/mol. The molecule has 1 N–H and O–H groups in total. The number of hydrogen-bond donors (Lipinski definition) is 1. The summed E-state index contributed by atoms with van der Waals surface area (Å²) < 4.78 is 0. The highest BCUT2D eigenvalue weighted by Crippen LogP contribution is 2.42. The number of carbonyl (C=O) groups is 2. The van der Waals surface area contributed by atoms with Gasteiger partial charge in [-0.2, -0.15) is 0 Å². The highest BCUT2D eigenvalue weighted by molar-refractivity contribution is 6.17. The zero-order valence-electron chi connectivity index (χ0n) is 11.7. The minimum atomic E-state index is -0.656. The maximum absolute atomic E-state index is 12.7. The summed E-state index contributed by atoms with van der Waals surface area (Å²) in [4.78, 5) is 26.2. The lowest BCUT2D eigenvalue weighted by Crippen LogP contribution is -2.58. The van der Waals surface area contributed by atoms with Crippen molar-refractivity contribution in [1.29, 1.82) is 0 Å². The average molecular weight is 287 g/mol. The molecule has 0 aromatic carbocycles. The van der Waals surface area contributed by atoms with Crippen molar-refractivity contribution in [1.82, 2.24) is 10.2 Å². The first-order valence-corrected chi connectivity index (χ1v) is 7.77. The molecule has 1 aliphatic carbocycles. The molecule has 0 aromatic rings. The SMILES string of the molecule is CC1CCCC(C)C12NC(=O)N(CCCCCl)C2=O. The molecule has 1 saturated heterocycles. The van der Waals surface area contributed by atoms with Crippen LogP contribution in [0.2, 0.25) is 0 Å².